The molecule has 0 spiro atoms. The molecule has 1 aromatic heterocycles. The molecular weight excluding hydrogens is 219 g/mol. The summed E-state index contributed by atoms with van der Waals surface area (Å²) >= 11 is 5.85. The van der Waals surface area contributed by atoms with Crippen LogP contribution in [0.2, 0.25) is 5.02 Å². The van der Waals surface area contributed by atoms with Gasteiger partial charge in [0.05, 0.1) is 0 Å². The molecule has 15 heavy (non-hydrogen) atoms. The van der Waals surface area contributed by atoms with Crippen molar-refractivity contribution in [2.45, 2.75) is 6.42 Å². The number of nitrogens with two attached hydrogens (primary N) is 1. The van der Waals surface area contributed by atoms with Crippen molar-refractivity contribution < 1.29 is 4.39 Å². The second-order valence-corrected chi connectivity index (χ2v) is 3.42. The van der Waals surface area contributed by atoms with Crippen LogP contribution >= 0.6 is 11.6 Å². The number of H-pyrrole nitrogens is 1. The van der Waals surface area contributed by atoms with Gasteiger partial charge in [0.25, 0.3) is 0 Å². The molecule has 2 rings (SSSR count). The number of rotatable bonds is 2. The maximum absolute atomic E-state index is 13.4. The molecule has 6 heteroatoms. The lowest BCUT2D eigenvalue weighted by Crippen LogP contribution is -1.96. The van der Waals surface area contributed by atoms with E-state index in [0.29, 0.717) is 16.4 Å². The summed E-state index contributed by atoms with van der Waals surface area (Å²) in [6.07, 6.45) is 0.246. The van der Waals surface area contributed by atoms with Gasteiger partial charge in [-0.15, -0.1) is 5.10 Å². The number of nitrogens with one attached hydrogen (secondary N) is 1. The number of hydrogen-bond acceptors (Lipinski definition) is 3. The molecule has 0 fully saturated rings. The molecule has 0 unspecified atom stereocenters. The van der Waals surface area contributed by atoms with Gasteiger partial charge in [0.2, 0.25) is 5.95 Å². The summed E-state index contributed by atoms with van der Waals surface area (Å²) in [7, 11) is 0. The van der Waals surface area contributed by atoms with Crippen molar-refractivity contribution in [3.63, 3.8) is 0 Å². The Labute approximate surface area is 90.3 Å². The average molecular weight is 227 g/mol. The smallest absolute Gasteiger partial charge is 0.239 e. The minimum absolute atomic E-state index is 0.137. The van der Waals surface area contributed by atoms with Crippen LogP contribution in [0.25, 0.3) is 0 Å². The second kappa shape index (κ2) is 3.86. The van der Waals surface area contributed by atoms with E-state index in [1.54, 1.807) is 12.1 Å². The molecule has 4 nitrogen and oxygen atoms in total. The number of aromatic nitrogens is 3. The highest BCUT2D eigenvalue weighted by atomic mass is 35.5. The lowest BCUT2D eigenvalue weighted by atomic mass is 10.1. The van der Waals surface area contributed by atoms with E-state index >= 15 is 0 Å². The maximum atomic E-state index is 13.4. The molecule has 1 aromatic carbocycles. The number of hydrogen-bond donors (Lipinski definition) is 2. The molecule has 0 aliphatic rings. The van der Waals surface area contributed by atoms with Crippen LogP contribution in [0.4, 0.5) is 10.3 Å². The molecule has 0 amide bonds. The lowest BCUT2D eigenvalue weighted by molar-refractivity contribution is 0.612. The first-order valence-corrected chi connectivity index (χ1v) is 4.64. The molecule has 0 aliphatic heterocycles. The first-order chi connectivity index (χ1) is 7.16. The maximum Gasteiger partial charge on any atom is 0.239 e. The Kier molecular flexibility index (Phi) is 2.55. The third-order valence-corrected chi connectivity index (χ3v) is 2.31. The molecule has 0 atom stereocenters. The van der Waals surface area contributed by atoms with Crippen molar-refractivity contribution in [1.29, 1.82) is 0 Å². The summed E-state index contributed by atoms with van der Waals surface area (Å²) in [6, 6.07) is 4.52. The molecule has 0 saturated carbocycles. The van der Waals surface area contributed by atoms with E-state index in [4.69, 9.17) is 17.3 Å². The van der Waals surface area contributed by atoms with E-state index in [-0.39, 0.29) is 18.2 Å². The van der Waals surface area contributed by atoms with Crippen molar-refractivity contribution in [2.24, 2.45) is 0 Å². The highest BCUT2D eigenvalue weighted by Gasteiger charge is 2.09. The fourth-order valence-electron chi connectivity index (χ4n) is 1.26. The monoisotopic (exact) mass is 226 g/mol. The quantitative estimate of drug-likeness (QED) is 0.820. The van der Waals surface area contributed by atoms with Crippen LogP contribution in [0.15, 0.2) is 18.2 Å². The largest absolute Gasteiger partial charge is 0.367 e. The van der Waals surface area contributed by atoms with Crippen molar-refractivity contribution in [3.05, 3.63) is 40.4 Å². The van der Waals surface area contributed by atoms with Crippen LogP contribution in [0.5, 0.6) is 0 Å². The molecule has 78 valence electrons. The lowest BCUT2D eigenvalue weighted by Gasteiger charge is -2.02. The minimum Gasteiger partial charge on any atom is -0.367 e. The van der Waals surface area contributed by atoms with Crippen LogP contribution < -0.4 is 5.73 Å². The summed E-state index contributed by atoms with van der Waals surface area (Å²) in [5, 5.41) is 6.61. The number of aromatic amines is 1. The fraction of sp³-hybridized carbons (Fsp3) is 0.111. The van der Waals surface area contributed by atoms with Gasteiger partial charge in [0.15, 0.2) is 0 Å². The van der Waals surface area contributed by atoms with E-state index in [1.807, 2.05) is 0 Å². The Morgan fingerprint density at radius 3 is 2.87 bits per heavy atom. The standard InChI is InChI=1S/C9H8ClFN4/c10-6-2-1-3-7(11)5(6)4-8-13-9(12)15-14-8/h1-3H,4H2,(H3,12,13,14,15). The number of benzene rings is 1. The summed E-state index contributed by atoms with van der Waals surface area (Å²) in [4.78, 5) is 3.87. The normalized spacial score (nSPS) is 10.5. The van der Waals surface area contributed by atoms with Crippen molar-refractivity contribution in [1.82, 2.24) is 15.2 Å². The van der Waals surface area contributed by atoms with Crippen LogP contribution in [0.3, 0.4) is 0 Å². The van der Waals surface area contributed by atoms with Gasteiger partial charge in [-0.25, -0.2) is 4.39 Å². The zero-order valence-corrected chi connectivity index (χ0v) is 8.42. The topological polar surface area (TPSA) is 67.6 Å². The molecule has 1 heterocycles. The molecule has 0 bridgehead atoms. The van der Waals surface area contributed by atoms with Gasteiger partial charge in [0, 0.05) is 17.0 Å². The van der Waals surface area contributed by atoms with Gasteiger partial charge >= 0.3 is 0 Å². The summed E-state index contributed by atoms with van der Waals surface area (Å²) in [6.45, 7) is 0. The number of anilines is 1. The van der Waals surface area contributed by atoms with Crippen molar-refractivity contribution >= 4 is 17.5 Å². The first-order valence-electron chi connectivity index (χ1n) is 4.26. The molecular formula is C9H8ClFN4. The number of nitrogen functional groups attached to an aromatic ring is 1. The average Bonchev–Trinajstić information content (AvgIpc) is 2.58. The minimum atomic E-state index is -0.363. The van der Waals surface area contributed by atoms with Gasteiger partial charge in [-0.05, 0) is 12.1 Å². The fourth-order valence-corrected chi connectivity index (χ4v) is 1.49. The highest BCUT2D eigenvalue weighted by molar-refractivity contribution is 6.31. The first kappa shape index (κ1) is 9.92. The van der Waals surface area contributed by atoms with E-state index in [9.17, 15) is 4.39 Å². The molecule has 3 N–H and O–H groups in total. The van der Waals surface area contributed by atoms with Gasteiger partial charge < -0.3 is 5.73 Å². The van der Waals surface area contributed by atoms with Crippen LogP contribution in [-0.4, -0.2) is 15.2 Å². The SMILES string of the molecule is Nc1n[nH]c(Cc2c(F)cccc2Cl)n1. The van der Waals surface area contributed by atoms with Gasteiger partial charge in [-0.2, -0.15) is 4.98 Å². The summed E-state index contributed by atoms with van der Waals surface area (Å²) in [5.74, 6) is 0.259. The van der Waals surface area contributed by atoms with E-state index in [1.165, 1.54) is 6.07 Å². The van der Waals surface area contributed by atoms with E-state index < -0.39 is 0 Å². The zero-order chi connectivity index (χ0) is 10.8. The third-order valence-electron chi connectivity index (χ3n) is 1.95. The number of nitrogens with zero attached hydrogens (tertiary/aromatic N) is 2. The van der Waals surface area contributed by atoms with Crippen LogP contribution in [0.1, 0.15) is 11.4 Å². The number of halogens is 2. The van der Waals surface area contributed by atoms with Crippen LogP contribution in [-0.2, 0) is 6.42 Å². The Hall–Kier alpha value is -1.62. The van der Waals surface area contributed by atoms with Gasteiger partial charge in [0.1, 0.15) is 11.6 Å². The van der Waals surface area contributed by atoms with Gasteiger partial charge in [-0.1, -0.05) is 17.7 Å². The Balaban J connectivity index is 2.31. The molecule has 2 aromatic rings. The highest BCUT2D eigenvalue weighted by Crippen LogP contribution is 2.20. The Bertz CT molecular complexity index is 462. The van der Waals surface area contributed by atoms with Crippen molar-refractivity contribution in [3.8, 4) is 0 Å². The third kappa shape index (κ3) is 2.07. The molecule has 0 saturated heterocycles. The Morgan fingerprint density at radius 2 is 2.27 bits per heavy atom. The second-order valence-electron chi connectivity index (χ2n) is 3.02. The van der Waals surface area contributed by atoms with Crippen LogP contribution in [0, 0.1) is 5.82 Å². The van der Waals surface area contributed by atoms with E-state index in [2.05, 4.69) is 15.2 Å². The predicted molar refractivity (Wildman–Crippen MR) is 55.0 cm³/mol. The van der Waals surface area contributed by atoms with E-state index in [0.717, 1.165) is 0 Å². The predicted octanol–water partition coefficient (Wildman–Crippen LogP) is 1.77. The Morgan fingerprint density at radius 1 is 1.47 bits per heavy atom. The summed E-state index contributed by atoms with van der Waals surface area (Å²) in [5.41, 5.74) is 5.71. The molecule has 0 radical (unpaired) electrons. The summed E-state index contributed by atoms with van der Waals surface area (Å²) < 4.78 is 13.4. The van der Waals surface area contributed by atoms with Crippen molar-refractivity contribution in [2.75, 3.05) is 5.73 Å². The van der Waals surface area contributed by atoms with Gasteiger partial charge in [-0.3, -0.25) is 5.10 Å². The molecule has 0 aliphatic carbocycles. The zero-order valence-electron chi connectivity index (χ0n) is 7.67.